The number of furan rings is 1. The Hall–Kier alpha value is -2.76. The van der Waals surface area contributed by atoms with Gasteiger partial charge < -0.3 is 19.0 Å². The average molecular weight is 370 g/mol. The summed E-state index contributed by atoms with van der Waals surface area (Å²) in [4.78, 5) is 29.1. The molecule has 1 atom stereocenters. The van der Waals surface area contributed by atoms with Gasteiger partial charge in [0.1, 0.15) is 5.75 Å². The van der Waals surface area contributed by atoms with E-state index in [1.54, 1.807) is 24.1 Å². The number of nitrogens with zero attached hydrogens (tertiary/aromatic N) is 2. The van der Waals surface area contributed by atoms with Crippen LogP contribution in [0.25, 0.3) is 0 Å². The molecule has 6 nitrogen and oxygen atoms in total. The van der Waals surface area contributed by atoms with Crippen LogP contribution in [0.2, 0.25) is 0 Å². The van der Waals surface area contributed by atoms with Gasteiger partial charge in [-0.05, 0) is 35.7 Å². The van der Waals surface area contributed by atoms with Crippen LogP contribution in [0.1, 0.15) is 35.9 Å². The molecule has 1 saturated heterocycles. The third-order valence-electron chi connectivity index (χ3n) is 5.02. The van der Waals surface area contributed by atoms with Crippen molar-refractivity contribution in [3.8, 4) is 5.75 Å². The van der Waals surface area contributed by atoms with Crippen molar-refractivity contribution in [3.05, 3.63) is 54.0 Å². The normalized spacial score (nSPS) is 15.7. The van der Waals surface area contributed by atoms with E-state index in [1.165, 1.54) is 6.26 Å². The Kier molecular flexibility index (Phi) is 5.84. The Balaban J connectivity index is 1.66. The molecule has 0 bridgehead atoms. The van der Waals surface area contributed by atoms with Gasteiger partial charge in [0.2, 0.25) is 5.91 Å². The zero-order chi connectivity index (χ0) is 19.4. The molecular formula is C21H26N2O4. The molecule has 2 aromatic rings. The van der Waals surface area contributed by atoms with Crippen molar-refractivity contribution in [2.75, 3.05) is 33.3 Å². The third kappa shape index (κ3) is 4.15. The van der Waals surface area contributed by atoms with E-state index in [1.807, 2.05) is 29.2 Å². The van der Waals surface area contributed by atoms with Crippen molar-refractivity contribution in [1.29, 1.82) is 0 Å². The van der Waals surface area contributed by atoms with Crippen LogP contribution in [0, 0.1) is 5.92 Å². The van der Waals surface area contributed by atoms with Crippen LogP contribution < -0.4 is 4.74 Å². The van der Waals surface area contributed by atoms with Crippen molar-refractivity contribution < 1.29 is 18.7 Å². The highest BCUT2D eigenvalue weighted by Gasteiger charge is 2.32. The molecule has 0 saturated carbocycles. The number of piperazine rings is 1. The number of amides is 2. The average Bonchev–Trinajstić information content (AvgIpc) is 3.22. The summed E-state index contributed by atoms with van der Waals surface area (Å²) in [7, 11) is 1.63. The molecule has 2 amide bonds. The van der Waals surface area contributed by atoms with Gasteiger partial charge in [-0.25, -0.2) is 0 Å². The number of carbonyl (C=O) groups excluding carboxylic acids is 2. The topological polar surface area (TPSA) is 63.0 Å². The van der Waals surface area contributed by atoms with Gasteiger partial charge in [-0.2, -0.15) is 0 Å². The smallest absolute Gasteiger partial charge is 0.289 e. The molecule has 1 aromatic carbocycles. The quantitative estimate of drug-likeness (QED) is 0.812. The second kappa shape index (κ2) is 8.29. The Morgan fingerprint density at radius 3 is 2.15 bits per heavy atom. The SMILES string of the molecule is COc1ccc(C(C(=O)N2CCN(C(=O)c3ccco3)CC2)C(C)C)cc1. The molecule has 1 unspecified atom stereocenters. The zero-order valence-electron chi connectivity index (χ0n) is 16.1. The van der Waals surface area contributed by atoms with E-state index < -0.39 is 0 Å². The molecule has 0 N–H and O–H groups in total. The standard InChI is InChI=1S/C21H26N2O4/c1-15(2)19(16-6-8-17(26-3)9-7-16)21(25)23-12-10-22(11-13-23)20(24)18-5-4-14-27-18/h4-9,14-15,19H,10-13H2,1-3H3. The molecule has 27 heavy (non-hydrogen) atoms. The highest BCUT2D eigenvalue weighted by atomic mass is 16.5. The first-order valence-corrected chi connectivity index (χ1v) is 9.26. The molecule has 0 aliphatic carbocycles. The lowest BCUT2D eigenvalue weighted by molar-refractivity contribution is -0.135. The number of methoxy groups -OCH3 is 1. The van der Waals surface area contributed by atoms with Gasteiger partial charge in [0, 0.05) is 26.2 Å². The van der Waals surface area contributed by atoms with Crippen LogP contribution in [0.5, 0.6) is 5.75 Å². The van der Waals surface area contributed by atoms with Gasteiger partial charge in [-0.15, -0.1) is 0 Å². The van der Waals surface area contributed by atoms with E-state index in [0.29, 0.717) is 31.9 Å². The van der Waals surface area contributed by atoms with Crippen molar-refractivity contribution in [2.24, 2.45) is 5.92 Å². The van der Waals surface area contributed by atoms with Crippen LogP contribution in [0.15, 0.2) is 47.1 Å². The van der Waals surface area contributed by atoms with Gasteiger partial charge >= 0.3 is 0 Å². The lowest BCUT2D eigenvalue weighted by Gasteiger charge is -2.37. The van der Waals surface area contributed by atoms with Gasteiger partial charge in [-0.1, -0.05) is 26.0 Å². The number of ether oxygens (including phenoxy) is 1. The second-order valence-electron chi connectivity index (χ2n) is 7.09. The predicted molar refractivity (Wildman–Crippen MR) is 102 cm³/mol. The molecule has 3 rings (SSSR count). The minimum atomic E-state index is -0.205. The molecule has 6 heteroatoms. The fourth-order valence-corrected chi connectivity index (χ4v) is 3.51. The van der Waals surface area contributed by atoms with Crippen LogP contribution in [-0.4, -0.2) is 54.9 Å². The Morgan fingerprint density at radius 2 is 1.63 bits per heavy atom. The number of hydrogen-bond donors (Lipinski definition) is 0. The summed E-state index contributed by atoms with van der Waals surface area (Å²) in [6, 6.07) is 11.1. The van der Waals surface area contributed by atoms with E-state index in [2.05, 4.69) is 13.8 Å². The third-order valence-corrected chi connectivity index (χ3v) is 5.02. The number of rotatable bonds is 5. The maximum atomic E-state index is 13.2. The van der Waals surface area contributed by atoms with E-state index in [0.717, 1.165) is 11.3 Å². The van der Waals surface area contributed by atoms with Crippen molar-refractivity contribution in [3.63, 3.8) is 0 Å². The lowest BCUT2D eigenvalue weighted by Crippen LogP contribution is -2.52. The van der Waals surface area contributed by atoms with Crippen LogP contribution in [0.4, 0.5) is 0 Å². The summed E-state index contributed by atoms with van der Waals surface area (Å²) < 4.78 is 10.4. The number of benzene rings is 1. The fraction of sp³-hybridized carbons (Fsp3) is 0.429. The molecule has 144 valence electrons. The monoisotopic (exact) mass is 370 g/mol. The lowest BCUT2D eigenvalue weighted by atomic mass is 9.87. The number of carbonyl (C=O) groups is 2. The highest BCUT2D eigenvalue weighted by molar-refractivity contribution is 5.91. The summed E-state index contributed by atoms with van der Waals surface area (Å²) >= 11 is 0. The zero-order valence-corrected chi connectivity index (χ0v) is 16.1. The largest absolute Gasteiger partial charge is 0.497 e. The van der Waals surface area contributed by atoms with E-state index >= 15 is 0 Å². The van der Waals surface area contributed by atoms with Crippen LogP contribution >= 0.6 is 0 Å². The van der Waals surface area contributed by atoms with Crippen LogP contribution in [0.3, 0.4) is 0 Å². The summed E-state index contributed by atoms with van der Waals surface area (Å²) in [6.07, 6.45) is 1.50. The number of hydrogen-bond acceptors (Lipinski definition) is 4. The Morgan fingerprint density at radius 1 is 1.00 bits per heavy atom. The molecule has 0 radical (unpaired) electrons. The first-order chi connectivity index (χ1) is 13.0. The van der Waals surface area contributed by atoms with Gasteiger partial charge in [0.05, 0.1) is 19.3 Å². The van der Waals surface area contributed by atoms with E-state index in [-0.39, 0.29) is 23.7 Å². The molecular weight excluding hydrogens is 344 g/mol. The Bertz CT molecular complexity index is 760. The second-order valence-corrected chi connectivity index (χ2v) is 7.09. The fourth-order valence-electron chi connectivity index (χ4n) is 3.51. The van der Waals surface area contributed by atoms with Crippen molar-refractivity contribution in [1.82, 2.24) is 9.80 Å². The van der Waals surface area contributed by atoms with Gasteiger partial charge in [-0.3, -0.25) is 9.59 Å². The van der Waals surface area contributed by atoms with Gasteiger partial charge in [0.15, 0.2) is 5.76 Å². The minimum absolute atomic E-state index is 0.111. The Labute approximate surface area is 159 Å². The van der Waals surface area contributed by atoms with E-state index in [4.69, 9.17) is 9.15 Å². The summed E-state index contributed by atoms with van der Waals surface area (Å²) in [5, 5.41) is 0. The summed E-state index contributed by atoms with van der Waals surface area (Å²) in [5.41, 5.74) is 0.991. The molecule has 0 spiro atoms. The molecule has 1 fully saturated rings. The minimum Gasteiger partial charge on any atom is -0.497 e. The first-order valence-electron chi connectivity index (χ1n) is 9.26. The van der Waals surface area contributed by atoms with E-state index in [9.17, 15) is 9.59 Å². The molecule has 2 heterocycles. The van der Waals surface area contributed by atoms with Crippen LogP contribution in [-0.2, 0) is 4.79 Å². The molecule has 1 aliphatic rings. The predicted octanol–water partition coefficient (Wildman–Crippen LogP) is 3.01. The van der Waals surface area contributed by atoms with Crippen molar-refractivity contribution >= 4 is 11.8 Å². The molecule has 1 aliphatic heterocycles. The molecule has 1 aromatic heterocycles. The maximum absolute atomic E-state index is 13.2. The summed E-state index contributed by atoms with van der Waals surface area (Å²) in [5.74, 6) is 1.08. The van der Waals surface area contributed by atoms with Crippen molar-refractivity contribution in [2.45, 2.75) is 19.8 Å². The summed E-state index contributed by atoms with van der Waals surface area (Å²) in [6.45, 7) is 6.21. The van der Waals surface area contributed by atoms with Gasteiger partial charge in [0.25, 0.3) is 5.91 Å². The maximum Gasteiger partial charge on any atom is 0.289 e. The first kappa shape index (κ1) is 19.0. The highest BCUT2D eigenvalue weighted by Crippen LogP contribution is 2.29.